The zero-order valence-electron chi connectivity index (χ0n) is 32.4. The van der Waals surface area contributed by atoms with Crippen molar-refractivity contribution in [3.63, 3.8) is 0 Å². The highest BCUT2D eigenvalue weighted by Crippen LogP contribution is 2.46. The predicted molar refractivity (Wildman–Crippen MR) is 239 cm³/mol. The smallest absolute Gasteiger partial charge is 0.127 e. The highest BCUT2D eigenvalue weighted by molar-refractivity contribution is 5.90. The highest BCUT2D eigenvalue weighted by Gasteiger charge is 2.33. The molecule has 0 heterocycles. The number of ether oxygens (including phenoxy) is 2. The van der Waals surface area contributed by atoms with E-state index in [0.29, 0.717) is 11.5 Å². The molecule has 284 valence electrons. The molecule has 0 unspecified atom stereocenters. The zero-order chi connectivity index (χ0) is 39.5. The van der Waals surface area contributed by atoms with Gasteiger partial charge in [0.2, 0.25) is 0 Å². The number of aliphatic hydroxyl groups is 2. The van der Waals surface area contributed by atoms with Crippen LogP contribution in [0, 0.1) is 0 Å². The molecule has 9 aromatic rings. The fourth-order valence-electron chi connectivity index (χ4n) is 8.27. The number of hydrogen-bond donors (Lipinski definition) is 2. The van der Waals surface area contributed by atoms with Gasteiger partial charge in [0.25, 0.3) is 0 Å². The van der Waals surface area contributed by atoms with Gasteiger partial charge in [-0.2, -0.15) is 0 Å². The van der Waals surface area contributed by atoms with Crippen molar-refractivity contribution in [1.29, 1.82) is 0 Å². The predicted octanol–water partition coefficient (Wildman–Crippen LogP) is 12.2. The molecule has 0 bridgehead atoms. The van der Waals surface area contributed by atoms with Gasteiger partial charge in [0.1, 0.15) is 24.7 Å². The summed E-state index contributed by atoms with van der Waals surface area (Å²) in [4.78, 5) is 0. The number of hydrogen-bond acceptors (Lipinski definition) is 4. The van der Waals surface area contributed by atoms with Crippen LogP contribution in [0.4, 0.5) is 0 Å². The first-order valence-corrected chi connectivity index (χ1v) is 19.9. The van der Waals surface area contributed by atoms with Crippen LogP contribution in [0.15, 0.2) is 188 Å². The fraction of sp³-hybridized carbons (Fsp3) is 0.111. The van der Waals surface area contributed by atoms with Crippen molar-refractivity contribution < 1.29 is 19.7 Å². The minimum absolute atomic E-state index is 0.0809. The van der Waals surface area contributed by atoms with Crippen LogP contribution >= 0.6 is 0 Å². The van der Waals surface area contributed by atoms with E-state index in [1.807, 2.05) is 12.1 Å². The average molecular weight is 757 g/mol. The van der Waals surface area contributed by atoms with E-state index in [2.05, 4.69) is 183 Å². The lowest BCUT2D eigenvalue weighted by Crippen LogP contribution is -2.25. The maximum absolute atomic E-state index is 9.77. The van der Waals surface area contributed by atoms with Gasteiger partial charge in [0.05, 0.1) is 13.2 Å². The van der Waals surface area contributed by atoms with Crippen LogP contribution in [0.5, 0.6) is 11.5 Å². The maximum atomic E-state index is 9.77. The Bertz CT molecular complexity index is 2760. The van der Waals surface area contributed by atoms with Crippen molar-refractivity contribution in [2.24, 2.45) is 0 Å². The normalized spacial score (nSPS) is 11.6. The van der Waals surface area contributed by atoms with Crippen LogP contribution in [0.2, 0.25) is 0 Å². The zero-order valence-corrected chi connectivity index (χ0v) is 32.4. The quantitative estimate of drug-likeness (QED) is 0.122. The first-order valence-electron chi connectivity index (χ1n) is 19.9. The molecule has 0 saturated carbocycles. The van der Waals surface area contributed by atoms with Crippen LogP contribution in [0.25, 0.3) is 65.7 Å². The van der Waals surface area contributed by atoms with E-state index in [4.69, 9.17) is 9.47 Å². The monoisotopic (exact) mass is 756 g/mol. The van der Waals surface area contributed by atoms with Crippen molar-refractivity contribution in [2.75, 3.05) is 26.4 Å². The summed E-state index contributed by atoms with van der Waals surface area (Å²) >= 11 is 0. The average Bonchev–Trinajstić information content (AvgIpc) is 3.29. The molecule has 0 spiro atoms. The van der Waals surface area contributed by atoms with Gasteiger partial charge in [-0.1, -0.05) is 146 Å². The minimum atomic E-state index is -0.649. The Morgan fingerprint density at radius 3 is 1.16 bits per heavy atom. The summed E-state index contributed by atoms with van der Waals surface area (Å²) in [6.45, 7) is 2.51. The number of fused-ring (bicyclic) bond motifs is 3. The molecular weight excluding hydrogens is 713 g/mol. The molecule has 9 rings (SSSR count). The first-order chi connectivity index (χ1) is 28.5. The second-order valence-electron chi connectivity index (χ2n) is 15.0. The number of aliphatic hydroxyl groups excluding tert-OH is 2. The van der Waals surface area contributed by atoms with Gasteiger partial charge in [-0.25, -0.2) is 0 Å². The van der Waals surface area contributed by atoms with Crippen LogP contribution in [0.1, 0.15) is 23.6 Å². The summed E-state index contributed by atoms with van der Waals surface area (Å²) in [6.07, 6.45) is 0. The lowest BCUT2D eigenvalue weighted by Gasteiger charge is -2.33. The lowest BCUT2D eigenvalue weighted by atomic mass is 9.70. The summed E-state index contributed by atoms with van der Waals surface area (Å²) < 4.78 is 12.4. The van der Waals surface area contributed by atoms with E-state index >= 15 is 0 Å². The molecule has 0 aliphatic carbocycles. The second kappa shape index (κ2) is 16.0. The van der Waals surface area contributed by atoms with Gasteiger partial charge in [0, 0.05) is 16.5 Å². The second-order valence-corrected chi connectivity index (χ2v) is 15.0. The minimum Gasteiger partial charge on any atom is -0.491 e. The Balaban J connectivity index is 1.24. The van der Waals surface area contributed by atoms with Crippen molar-refractivity contribution in [1.82, 2.24) is 0 Å². The van der Waals surface area contributed by atoms with Gasteiger partial charge in [-0.15, -0.1) is 0 Å². The van der Waals surface area contributed by atoms with E-state index < -0.39 is 5.41 Å². The van der Waals surface area contributed by atoms with E-state index in [1.54, 1.807) is 0 Å². The molecular formula is C54H44O4. The highest BCUT2D eigenvalue weighted by atomic mass is 16.5. The van der Waals surface area contributed by atoms with Crippen LogP contribution in [-0.4, -0.2) is 36.6 Å². The van der Waals surface area contributed by atoms with Gasteiger partial charge in [-0.05, 0) is 121 Å². The molecule has 9 aromatic carbocycles. The molecule has 4 nitrogen and oxygen atoms in total. The third-order valence-electron chi connectivity index (χ3n) is 11.5. The van der Waals surface area contributed by atoms with Gasteiger partial charge in [-0.3, -0.25) is 0 Å². The third kappa shape index (κ3) is 7.09. The van der Waals surface area contributed by atoms with Gasteiger partial charge < -0.3 is 19.7 Å². The van der Waals surface area contributed by atoms with E-state index in [9.17, 15) is 10.2 Å². The van der Waals surface area contributed by atoms with Crippen LogP contribution in [0.3, 0.4) is 0 Å². The van der Waals surface area contributed by atoms with Crippen molar-refractivity contribution in [3.8, 4) is 44.9 Å². The van der Waals surface area contributed by atoms with Crippen molar-refractivity contribution >= 4 is 32.3 Å². The number of benzene rings is 9. The Hall–Kier alpha value is -6.72. The van der Waals surface area contributed by atoms with E-state index in [0.717, 1.165) is 55.3 Å². The number of rotatable bonds is 12. The Labute approximate surface area is 339 Å². The summed E-state index contributed by atoms with van der Waals surface area (Å²) in [7, 11) is 0. The van der Waals surface area contributed by atoms with Crippen molar-refractivity contribution in [2.45, 2.75) is 12.3 Å². The molecule has 0 aliphatic rings. The summed E-state index contributed by atoms with van der Waals surface area (Å²) in [5.74, 6) is 1.43. The molecule has 0 radical (unpaired) electrons. The van der Waals surface area contributed by atoms with Gasteiger partial charge >= 0.3 is 0 Å². The molecule has 0 atom stereocenters. The SMILES string of the molecule is CC(c1ccc(-c2ccc3ccccc3c2)cc1)(c1ccc(OCCO)c(-c2ccc3ccccc3c2)c1)c1ccc(OCCO)c(-c2ccc3ccccc3c2)c1. The molecule has 0 aromatic heterocycles. The first kappa shape index (κ1) is 36.9. The third-order valence-corrected chi connectivity index (χ3v) is 11.5. The molecule has 0 amide bonds. The molecule has 0 fully saturated rings. The molecule has 4 heteroatoms. The Morgan fingerprint density at radius 2 is 0.724 bits per heavy atom. The Kier molecular flexibility index (Phi) is 10.2. The van der Waals surface area contributed by atoms with Crippen LogP contribution < -0.4 is 9.47 Å². The van der Waals surface area contributed by atoms with E-state index in [1.165, 1.54) is 27.1 Å². The van der Waals surface area contributed by atoms with Crippen LogP contribution in [-0.2, 0) is 5.41 Å². The summed E-state index contributed by atoms with van der Waals surface area (Å²) in [6, 6.07) is 66.7. The molecule has 2 N–H and O–H groups in total. The standard InChI is InChI=1S/C54H44O4/c1-54(47-22-20-40(21-23-47)44-17-14-37-8-2-5-11-41(37)32-44,48-24-26-52(57-30-28-55)50(35-48)45-18-15-38-9-3-6-12-42(38)33-45)49-25-27-53(58-31-29-56)51(36-49)46-19-16-39-10-4-7-13-43(39)34-46/h2-27,32-36,55-56H,28-31H2,1H3. The largest absolute Gasteiger partial charge is 0.491 e. The van der Waals surface area contributed by atoms with Gasteiger partial charge in [0.15, 0.2) is 0 Å². The summed E-state index contributed by atoms with van der Waals surface area (Å²) in [5, 5.41) is 26.6. The summed E-state index contributed by atoms with van der Waals surface area (Å²) in [5.41, 5.74) is 8.92. The molecule has 0 aliphatic heterocycles. The van der Waals surface area contributed by atoms with E-state index in [-0.39, 0.29) is 26.4 Å². The maximum Gasteiger partial charge on any atom is 0.127 e. The fourth-order valence-corrected chi connectivity index (χ4v) is 8.27. The lowest BCUT2D eigenvalue weighted by molar-refractivity contribution is 0.202. The molecule has 0 saturated heterocycles. The Morgan fingerprint density at radius 1 is 0.362 bits per heavy atom. The van der Waals surface area contributed by atoms with Crippen molar-refractivity contribution in [3.05, 3.63) is 205 Å². The molecule has 58 heavy (non-hydrogen) atoms. The topological polar surface area (TPSA) is 58.9 Å².